The summed E-state index contributed by atoms with van der Waals surface area (Å²) in [7, 11) is 0. The van der Waals surface area contributed by atoms with Gasteiger partial charge in [-0.1, -0.05) is 19.9 Å². The van der Waals surface area contributed by atoms with Crippen LogP contribution in [-0.2, 0) is 6.54 Å². The zero-order chi connectivity index (χ0) is 10.6. The lowest BCUT2D eigenvalue weighted by atomic mass is 10.3. The van der Waals surface area contributed by atoms with E-state index in [4.69, 9.17) is 5.73 Å². The Balaban J connectivity index is 0.000000461. The lowest BCUT2D eigenvalue weighted by molar-refractivity contribution is 0.954. The summed E-state index contributed by atoms with van der Waals surface area (Å²) in [5.41, 5.74) is 8.78. The van der Waals surface area contributed by atoms with Gasteiger partial charge in [0, 0.05) is 12.7 Å². The summed E-state index contributed by atoms with van der Waals surface area (Å²) in [5.74, 6) is 0. The summed E-state index contributed by atoms with van der Waals surface area (Å²) in [6.45, 7) is 6.59. The van der Waals surface area contributed by atoms with Gasteiger partial charge in [-0.15, -0.1) is 0 Å². The third-order valence-electron chi connectivity index (χ3n) is 1.94. The molecule has 0 aliphatic carbocycles. The molecule has 76 valence electrons. The number of nitrogens with two attached hydrogens (primary N) is 1. The number of aromatic nitrogens is 2. The van der Waals surface area contributed by atoms with E-state index in [1.165, 1.54) is 5.56 Å². The minimum absolute atomic E-state index is 0.532. The van der Waals surface area contributed by atoms with Crippen molar-refractivity contribution in [2.45, 2.75) is 27.3 Å². The maximum Gasteiger partial charge on any atom is 0.136 e. The molecule has 3 heteroatoms. The molecule has 2 heterocycles. The van der Waals surface area contributed by atoms with E-state index in [0.29, 0.717) is 6.54 Å². The molecule has 2 rings (SSSR count). The van der Waals surface area contributed by atoms with Gasteiger partial charge < -0.3 is 10.1 Å². The molecule has 3 nitrogen and oxygen atoms in total. The molecule has 0 saturated heterocycles. The van der Waals surface area contributed by atoms with Gasteiger partial charge in [0.25, 0.3) is 0 Å². The van der Waals surface area contributed by atoms with Crippen molar-refractivity contribution in [3.8, 4) is 0 Å². The lowest BCUT2D eigenvalue weighted by Gasteiger charge is -1.98. The van der Waals surface area contributed by atoms with Crippen molar-refractivity contribution >= 4 is 5.65 Å². The molecule has 14 heavy (non-hydrogen) atoms. The van der Waals surface area contributed by atoms with Gasteiger partial charge in [-0.2, -0.15) is 0 Å². The highest BCUT2D eigenvalue weighted by Gasteiger charge is 1.99. The minimum atomic E-state index is 0.532. The molecular formula is C11H17N3. The SMILES string of the molecule is CC.Cc1ccc2ncc(CN)n2c1. The first-order chi connectivity index (χ1) is 6.81. The molecule has 0 aliphatic rings. The molecule has 0 amide bonds. The van der Waals surface area contributed by atoms with Gasteiger partial charge in [-0.3, -0.25) is 0 Å². The van der Waals surface area contributed by atoms with Crippen LogP contribution in [-0.4, -0.2) is 9.38 Å². The number of fused-ring (bicyclic) bond motifs is 1. The van der Waals surface area contributed by atoms with Crippen molar-refractivity contribution in [1.29, 1.82) is 0 Å². The Bertz CT molecular complexity index is 404. The topological polar surface area (TPSA) is 43.3 Å². The number of hydrogen-bond donors (Lipinski definition) is 1. The largest absolute Gasteiger partial charge is 0.325 e. The van der Waals surface area contributed by atoms with E-state index in [1.807, 2.05) is 42.8 Å². The number of imidazole rings is 1. The van der Waals surface area contributed by atoms with Gasteiger partial charge in [0.1, 0.15) is 5.65 Å². The normalized spacial score (nSPS) is 9.71. The van der Waals surface area contributed by atoms with Crippen molar-refractivity contribution in [1.82, 2.24) is 9.38 Å². The van der Waals surface area contributed by atoms with Gasteiger partial charge in [-0.05, 0) is 18.6 Å². The van der Waals surface area contributed by atoms with Crippen LogP contribution in [0.4, 0.5) is 0 Å². The molecule has 0 bridgehead atoms. The molecule has 0 spiro atoms. The van der Waals surface area contributed by atoms with Crippen molar-refractivity contribution < 1.29 is 0 Å². The number of rotatable bonds is 1. The quantitative estimate of drug-likeness (QED) is 0.750. The molecular weight excluding hydrogens is 174 g/mol. The first-order valence-corrected chi connectivity index (χ1v) is 4.94. The van der Waals surface area contributed by atoms with Crippen LogP contribution in [0.2, 0.25) is 0 Å². The predicted octanol–water partition coefficient (Wildman–Crippen LogP) is 2.13. The number of hydrogen-bond acceptors (Lipinski definition) is 2. The molecule has 0 unspecified atom stereocenters. The van der Waals surface area contributed by atoms with Gasteiger partial charge in [0.05, 0.1) is 11.9 Å². The van der Waals surface area contributed by atoms with Crippen LogP contribution in [0.15, 0.2) is 24.5 Å². The van der Waals surface area contributed by atoms with Crippen LogP contribution < -0.4 is 5.73 Å². The number of nitrogens with zero attached hydrogens (tertiary/aromatic N) is 2. The number of pyridine rings is 1. The Morgan fingerprint density at radius 3 is 2.71 bits per heavy atom. The Morgan fingerprint density at radius 1 is 1.36 bits per heavy atom. The Morgan fingerprint density at radius 2 is 2.07 bits per heavy atom. The molecule has 0 atom stereocenters. The zero-order valence-electron chi connectivity index (χ0n) is 8.99. The summed E-state index contributed by atoms with van der Waals surface area (Å²) < 4.78 is 2.02. The fourth-order valence-electron chi connectivity index (χ4n) is 1.29. The second-order valence-electron chi connectivity index (χ2n) is 2.89. The molecule has 2 N–H and O–H groups in total. The van der Waals surface area contributed by atoms with Crippen molar-refractivity contribution in [3.05, 3.63) is 35.8 Å². The smallest absolute Gasteiger partial charge is 0.136 e. The third kappa shape index (κ3) is 1.93. The Hall–Kier alpha value is -1.35. The van der Waals surface area contributed by atoms with Gasteiger partial charge in [0.2, 0.25) is 0 Å². The highest BCUT2D eigenvalue weighted by Crippen LogP contribution is 2.07. The average Bonchev–Trinajstić information content (AvgIpc) is 2.63. The fourth-order valence-corrected chi connectivity index (χ4v) is 1.29. The van der Waals surface area contributed by atoms with Crippen molar-refractivity contribution in [2.24, 2.45) is 5.73 Å². The summed E-state index contributed by atoms with van der Waals surface area (Å²) >= 11 is 0. The van der Waals surface area contributed by atoms with E-state index in [0.717, 1.165) is 11.3 Å². The molecule has 2 aromatic rings. The van der Waals surface area contributed by atoms with Gasteiger partial charge in [-0.25, -0.2) is 4.98 Å². The van der Waals surface area contributed by atoms with Crippen LogP contribution in [0.25, 0.3) is 5.65 Å². The molecule has 0 aromatic carbocycles. The fraction of sp³-hybridized carbons (Fsp3) is 0.364. The number of aryl methyl sites for hydroxylation is 1. The van der Waals surface area contributed by atoms with Crippen LogP contribution in [0, 0.1) is 6.92 Å². The molecule has 0 radical (unpaired) electrons. The zero-order valence-corrected chi connectivity index (χ0v) is 8.99. The average molecular weight is 191 g/mol. The summed E-state index contributed by atoms with van der Waals surface area (Å²) in [6, 6.07) is 4.04. The predicted molar refractivity (Wildman–Crippen MR) is 59.2 cm³/mol. The standard InChI is InChI=1S/C9H11N3.C2H6/c1-7-2-3-9-11-5-8(4-10)12(9)6-7;1-2/h2-3,5-6H,4,10H2,1H3;1-2H3. The van der Waals surface area contributed by atoms with Crippen LogP contribution in [0.3, 0.4) is 0 Å². The van der Waals surface area contributed by atoms with E-state index in [-0.39, 0.29) is 0 Å². The minimum Gasteiger partial charge on any atom is -0.325 e. The molecule has 2 aromatic heterocycles. The highest BCUT2D eigenvalue weighted by molar-refractivity contribution is 5.41. The maximum absolute atomic E-state index is 5.55. The van der Waals surface area contributed by atoms with E-state index in [1.54, 1.807) is 0 Å². The molecule has 0 fully saturated rings. The second kappa shape index (κ2) is 4.77. The Kier molecular flexibility index (Phi) is 3.65. The van der Waals surface area contributed by atoms with E-state index < -0.39 is 0 Å². The first kappa shape index (κ1) is 10.7. The van der Waals surface area contributed by atoms with Gasteiger partial charge >= 0.3 is 0 Å². The van der Waals surface area contributed by atoms with Crippen molar-refractivity contribution in [2.75, 3.05) is 0 Å². The summed E-state index contributed by atoms with van der Waals surface area (Å²) in [6.07, 6.45) is 3.86. The van der Waals surface area contributed by atoms with E-state index in [2.05, 4.69) is 11.9 Å². The highest BCUT2D eigenvalue weighted by atomic mass is 15.0. The monoisotopic (exact) mass is 191 g/mol. The van der Waals surface area contributed by atoms with E-state index >= 15 is 0 Å². The van der Waals surface area contributed by atoms with Crippen molar-refractivity contribution in [3.63, 3.8) is 0 Å². The van der Waals surface area contributed by atoms with Crippen LogP contribution in [0.1, 0.15) is 25.1 Å². The lowest BCUT2D eigenvalue weighted by Crippen LogP contribution is -2.00. The van der Waals surface area contributed by atoms with Crippen LogP contribution >= 0.6 is 0 Å². The summed E-state index contributed by atoms with van der Waals surface area (Å²) in [4.78, 5) is 4.21. The molecule has 0 aliphatic heterocycles. The molecule has 0 saturated carbocycles. The van der Waals surface area contributed by atoms with Gasteiger partial charge in [0.15, 0.2) is 0 Å². The first-order valence-electron chi connectivity index (χ1n) is 4.94. The second-order valence-corrected chi connectivity index (χ2v) is 2.89. The Labute approximate surface area is 84.6 Å². The van der Waals surface area contributed by atoms with Crippen LogP contribution in [0.5, 0.6) is 0 Å². The maximum atomic E-state index is 5.55. The summed E-state index contributed by atoms with van der Waals surface area (Å²) in [5, 5.41) is 0. The third-order valence-corrected chi connectivity index (χ3v) is 1.94. The van der Waals surface area contributed by atoms with E-state index in [9.17, 15) is 0 Å².